The number of thioether (sulfide) groups is 1. The van der Waals surface area contributed by atoms with Gasteiger partial charge in [-0.3, -0.25) is 9.69 Å². The number of hydrogen-bond acceptors (Lipinski definition) is 3. The van der Waals surface area contributed by atoms with Gasteiger partial charge in [-0.05, 0) is 29.8 Å². The van der Waals surface area contributed by atoms with Crippen molar-refractivity contribution in [3.05, 3.63) is 74.9 Å². The molecule has 1 aliphatic rings. The summed E-state index contributed by atoms with van der Waals surface area (Å²) in [6.07, 6.45) is 1.55. The van der Waals surface area contributed by atoms with Gasteiger partial charge in [0.05, 0.1) is 11.4 Å². The molecular formula is C17H11BrFNOS2. The lowest BCUT2D eigenvalue weighted by molar-refractivity contribution is -0.122. The van der Waals surface area contributed by atoms with E-state index in [1.165, 1.54) is 22.7 Å². The average molecular weight is 408 g/mol. The Hall–Kier alpha value is -1.50. The van der Waals surface area contributed by atoms with Crippen molar-refractivity contribution in [3.63, 3.8) is 0 Å². The van der Waals surface area contributed by atoms with Crippen LogP contribution in [0, 0.1) is 5.82 Å². The van der Waals surface area contributed by atoms with Crippen molar-refractivity contribution in [1.29, 1.82) is 0 Å². The zero-order chi connectivity index (χ0) is 16.4. The molecule has 1 aliphatic heterocycles. The van der Waals surface area contributed by atoms with Gasteiger partial charge in [0.2, 0.25) is 0 Å². The van der Waals surface area contributed by atoms with E-state index in [1.807, 2.05) is 30.3 Å². The van der Waals surface area contributed by atoms with E-state index in [0.29, 0.717) is 21.3 Å². The normalized spacial score (nSPS) is 16.4. The molecule has 0 saturated carbocycles. The van der Waals surface area contributed by atoms with Crippen molar-refractivity contribution in [2.45, 2.75) is 6.54 Å². The van der Waals surface area contributed by atoms with E-state index in [9.17, 15) is 9.18 Å². The molecule has 0 aromatic heterocycles. The Kier molecular flexibility index (Phi) is 4.94. The number of hydrogen-bond donors (Lipinski definition) is 0. The Morgan fingerprint density at radius 3 is 2.70 bits per heavy atom. The summed E-state index contributed by atoms with van der Waals surface area (Å²) in [7, 11) is 0. The predicted octanol–water partition coefficient (Wildman–Crippen LogP) is 4.99. The van der Waals surface area contributed by atoms with Crippen LogP contribution in [0.25, 0.3) is 6.08 Å². The summed E-state index contributed by atoms with van der Waals surface area (Å²) >= 11 is 9.80. The number of benzene rings is 2. The quantitative estimate of drug-likeness (QED) is 0.527. The van der Waals surface area contributed by atoms with Crippen LogP contribution >= 0.6 is 39.9 Å². The Morgan fingerprint density at radius 1 is 1.22 bits per heavy atom. The van der Waals surface area contributed by atoms with E-state index in [1.54, 1.807) is 18.2 Å². The van der Waals surface area contributed by atoms with Crippen molar-refractivity contribution in [1.82, 2.24) is 4.90 Å². The third kappa shape index (κ3) is 3.71. The Labute approximate surface area is 151 Å². The maximum absolute atomic E-state index is 13.9. The summed E-state index contributed by atoms with van der Waals surface area (Å²) < 4.78 is 15.1. The van der Waals surface area contributed by atoms with Crippen LogP contribution in [0.5, 0.6) is 0 Å². The lowest BCUT2D eigenvalue weighted by atomic mass is 10.2. The van der Waals surface area contributed by atoms with Crippen molar-refractivity contribution in [2.24, 2.45) is 0 Å². The van der Waals surface area contributed by atoms with Gasteiger partial charge in [0.15, 0.2) is 0 Å². The maximum Gasteiger partial charge on any atom is 0.266 e. The monoisotopic (exact) mass is 407 g/mol. The van der Waals surface area contributed by atoms with Crippen molar-refractivity contribution < 1.29 is 9.18 Å². The Bertz CT molecular complexity index is 807. The first-order chi connectivity index (χ1) is 11.0. The first-order valence-electron chi connectivity index (χ1n) is 6.79. The third-order valence-corrected chi connectivity index (χ3v) is 5.17. The largest absolute Gasteiger partial charge is 0.288 e. The number of rotatable bonds is 3. The lowest BCUT2D eigenvalue weighted by Gasteiger charge is -2.14. The lowest BCUT2D eigenvalue weighted by Crippen LogP contribution is -2.27. The molecule has 0 spiro atoms. The van der Waals surface area contributed by atoms with Gasteiger partial charge in [-0.1, -0.05) is 70.2 Å². The molecule has 0 N–H and O–H groups in total. The van der Waals surface area contributed by atoms with E-state index in [-0.39, 0.29) is 11.7 Å². The number of amides is 1. The third-order valence-electron chi connectivity index (χ3n) is 3.30. The SMILES string of the molecule is O=C1/C(=C/c2cc(Br)ccc2F)SC(=S)N1Cc1ccccc1. The minimum atomic E-state index is -0.374. The van der Waals surface area contributed by atoms with Gasteiger partial charge in [0.25, 0.3) is 5.91 Å². The second-order valence-corrected chi connectivity index (χ2v) is 7.51. The number of halogens is 2. The van der Waals surface area contributed by atoms with Crippen LogP contribution in [-0.2, 0) is 11.3 Å². The molecule has 0 bridgehead atoms. The van der Waals surface area contributed by atoms with Crippen molar-refractivity contribution in [2.75, 3.05) is 0 Å². The summed E-state index contributed by atoms with van der Waals surface area (Å²) in [5.74, 6) is -0.565. The summed E-state index contributed by atoms with van der Waals surface area (Å²) in [6.45, 7) is 0.420. The molecule has 1 fully saturated rings. The highest BCUT2D eigenvalue weighted by Gasteiger charge is 2.32. The zero-order valence-electron chi connectivity index (χ0n) is 11.8. The standard InChI is InChI=1S/C17H11BrFNOS2/c18-13-6-7-14(19)12(8-13)9-15-16(21)20(17(22)23-15)10-11-4-2-1-3-5-11/h1-9H,10H2/b15-9-. The first kappa shape index (κ1) is 16.4. The smallest absolute Gasteiger partial charge is 0.266 e. The van der Waals surface area contributed by atoms with E-state index >= 15 is 0 Å². The highest BCUT2D eigenvalue weighted by atomic mass is 79.9. The Balaban J connectivity index is 1.86. The fourth-order valence-corrected chi connectivity index (χ4v) is 3.79. The Morgan fingerprint density at radius 2 is 1.96 bits per heavy atom. The predicted molar refractivity (Wildman–Crippen MR) is 99.3 cm³/mol. The highest BCUT2D eigenvalue weighted by molar-refractivity contribution is 9.10. The fraction of sp³-hybridized carbons (Fsp3) is 0.0588. The molecule has 23 heavy (non-hydrogen) atoms. The molecule has 1 heterocycles. The summed E-state index contributed by atoms with van der Waals surface area (Å²) in [4.78, 5) is 14.5. The molecule has 0 atom stereocenters. The molecular weight excluding hydrogens is 397 g/mol. The minimum Gasteiger partial charge on any atom is -0.288 e. The molecule has 3 rings (SSSR count). The van der Waals surface area contributed by atoms with Crippen LogP contribution in [0.15, 0.2) is 57.9 Å². The molecule has 2 nitrogen and oxygen atoms in total. The van der Waals surface area contributed by atoms with Gasteiger partial charge >= 0.3 is 0 Å². The molecule has 0 unspecified atom stereocenters. The van der Waals surface area contributed by atoms with Gasteiger partial charge < -0.3 is 0 Å². The van der Waals surface area contributed by atoms with Gasteiger partial charge in [-0.25, -0.2) is 4.39 Å². The molecule has 1 amide bonds. The molecule has 0 aliphatic carbocycles. The number of carbonyl (C=O) groups excluding carboxylic acids is 1. The molecule has 0 radical (unpaired) electrons. The molecule has 2 aromatic carbocycles. The summed E-state index contributed by atoms with van der Waals surface area (Å²) in [5, 5.41) is 0. The van der Waals surface area contributed by atoms with Crippen LogP contribution in [0.3, 0.4) is 0 Å². The summed E-state index contributed by atoms with van der Waals surface area (Å²) in [5.41, 5.74) is 1.36. The molecule has 2 aromatic rings. The maximum atomic E-state index is 13.9. The van der Waals surface area contributed by atoms with Gasteiger partial charge in [0, 0.05) is 10.0 Å². The van der Waals surface area contributed by atoms with Crippen LogP contribution < -0.4 is 0 Å². The van der Waals surface area contributed by atoms with Crippen LogP contribution in [0.1, 0.15) is 11.1 Å². The summed E-state index contributed by atoms with van der Waals surface area (Å²) in [6, 6.07) is 14.3. The van der Waals surface area contributed by atoms with E-state index in [0.717, 1.165) is 10.0 Å². The second kappa shape index (κ2) is 6.95. The number of nitrogens with zero attached hydrogens (tertiary/aromatic N) is 1. The number of carbonyl (C=O) groups is 1. The molecule has 6 heteroatoms. The van der Waals surface area contributed by atoms with Crippen LogP contribution in [0.4, 0.5) is 4.39 Å². The molecule has 116 valence electrons. The highest BCUT2D eigenvalue weighted by Crippen LogP contribution is 2.34. The minimum absolute atomic E-state index is 0.191. The van der Waals surface area contributed by atoms with Crippen molar-refractivity contribution >= 4 is 56.2 Å². The zero-order valence-corrected chi connectivity index (χ0v) is 15.1. The topological polar surface area (TPSA) is 20.3 Å². The van der Waals surface area contributed by atoms with Gasteiger partial charge in [-0.15, -0.1) is 0 Å². The van der Waals surface area contributed by atoms with Crippen molar-refractivity contribution in [3.8, 4) is 0 Å². The number of thiocarbonyl (C=S) groups is 1. The van der Waals surface area contributed by atoms with Gasteiger partial charge in [0.1, 0.15) is 10.1 Å². The van der Waals surface area contributed by atoms with E-state index in [2.05, 4.69) is 15.9 Å². The first-order valence-corrected chi connectivity index (χ1v) is 8.81. The van der Waals surface area contributed by atoms with Gasteiger partial charge in [-0.2, -0.15) is 0 Å². The van der Waals surface area contributed by atoms with E-state index in [4.69, 9.17) is 12.2 Å². The second-order valence-electron chi connectivity index (χ2n) is 4.92. The van der Waals surface area contributed by atoms with Crippen LogP contribution in [0.2, 0.25) is 0 Å². The van der Waals surface area contributed by atoms with E-state index < -0.39 is 0 Å². The molecule has 1 saturated heterocycles. The average Bonchev–Trinajstić information content (AvgIpc) is 2.80. The van der Waals surface area contributed by atoms with Crippen LogP contribution in [-0.4, -0.2) is 15.1 Å². The fourth-order valence-electron chi connectivity index (χ4n) is 2.17.